The average Bonchev–Trinajstić information content (AvgIpc) is 2.83. The molecule has 19 heavy (non-hydrogen) atoms. The van der Waals surface area contributed by atoms with Gasteiger partial charge in [0, 0.05) is 21.3 Å². The van der Waals surface area contributed by atoms with Crippen LogP contribution >= 0.6 is 27.3 Å². The van der Waals surface area contributed by atoms with Crippen molar-refractivity contribution in [1.82, 2.24) is 0 Å². The van der Waals surface area contributed by atoms with Crippen LogP contribution in [0.25, 0.3) is 0 Å². The van der Waals surface area contributed by atoms with Crippen molar-refractivity contribution in [3.05, 3.63) is 44.6 Å². The first-order valence-corrected chi connectivity index (χ1v) is 7.71. The minimum Gasteiger partial charge on any atom is -0.486 e. The lowest BCUT2D eigenvalue weighted by molar-refractivity contribution is 0.146. The van der Waals surface area contributed by atoms with E-state index in [9.17, 15) is 5.11 Å². The van der Waals surface area contributed by atoms with Crippen molar-refractivity contribution < 1.29 is 14.6 Å². The summed E-state index contributed by atoms with van der Waals surface area (Å²) in [5.74, 6) is 1.39. The van der Waals surface area contributed by atoms with Crippen LogP contribution in [-0.2, 0) is 6.42 Å². The standard InChI is InChI=1S/C14H13BrO3S/c15-10-4-7-19-13(10)8-11(16)9-2-1-3-12-14(9)18-6-5-17-12/h1-4,7,11,16H,5-6,8H2. The van der Waals surface area contributed by atoms with Crippen molar-refractivity contribution >= 4 is 27.3 Å². The topological polar surface area (TPSA) is 38.7 Å². The number of rotatable bonds is 3. The molecule has 0 aliphatic carbocycles. The zero-order chi connectivity index (χ0) is 13.2. The average molecular weight is 341 g/mol. The minimum atomic E-state index is -0.591. The summed E-state index contributed by atoms with van der Waals surface area (Å²) in [6.07, 6.45) is -0.0236. The second kappa shape index (κ2) is 5.53. The Morgan fingerprint density at radius 2 is 2.11 bits per heavy atom. The second-order valence-corrected chi connectivity index (χ2v) is 6.14. The molecule has 3 nitrogen and oxygen atoms in total. The van der Waals surface area contributed by atoms with Gasteiger partial charge >= 0.3 is 0 Å². The molecule has 0 bridgehead atoms. The van der Waals surface area contributed by atoms with Crippen LogP contribution in [0.5, 0.6) is 11.5 Å². The number of aliphatic hydroxyl groups is 1. The molecule has 0 amide bonds. The third-order valence-electron chi connectivity index (χ3n) is 3.03. The monoisotopic (exact) mass is 340 g/mol. The van der Waals surface area contributed by atoms with E-state index in [1.54, 1.807) is 11.3 Å². The van der Waals surface area contributed by atoms with Crippen molar-refractivity contribution in [3.8, 4) is 11.5 Å². The third kappa shape index (κ3) is 2.63. The molecule has 0 radical (unpaired) electrons. The smallest absolute Gasteiger partial charge is 0.167 e. The van der Waals surface area contributed by atoms with Crippen molar-refractivity contribution in [2.45, 2.75) is 12.5 Å². The minimum absolute atomic E-state index is 0.527. The van der Waals surface area contributed by atoms with Gasteiger partial charge in [0.15, 0.2) is 11.5 Å². The Labute approximate surface area is 123 Å². The van der Waals surface area contributed by atoms with Gasteiger partial charge in [0.05, 0.1) is 6.10 Å². The molecule has 5 heteroatoms. The lowest BCUT2D eigenvalue weighted by Crippen LogP contribution is -2.17. The molecule has 1 N–H and O–H groups in total. The lowest BCUT2D eigenvalue weighted by atomic mass is 10.0. The molecule has 0 spiro atoms. The van der Waals surface area contributed by atoms with Crippen LogP contribution in [0.2, 0.25) is 0 Å². The molecule has 0 fully saturated rings. The van der Waals surface area contributed by atoms with Crippen LogP contribution in [0.1, 0.15) is 16.5 Å². The number of benzene rings is 1. The van der Waals surface area contributed by atoms with E-state index < -0.39 is 6.10 Å². The summed E-state index contributed by atoms with van der Waals surface area (Å²) in [5, 5.41) is 12.4. The van der Waals surface area contributed by atoms with Crippen molar-refractivity contribution in [2.24, 2.45) is 0 Å². The van der Waals surface area contributed by atoms with Gasteiger partial charge in [-0.15, -0.1) is 11.3 Å². The molecule has 1 aromatic heterocycles. The number of hydrogen-bond donors (Lipinski definition) is 1. The molecule has 3 rings (SSSR count). The zero-order valence-electron chi connectivity index (χ0n) is 10.1. The normalized spacial score (nSPS) is 15.3. The summed E-state index contributed by atoms with van der Waals surface area (Å²) in [6, 6.07) is 7.63. The Morgan fingerprint density at radius 1 is 1.26 bits per heavy atom. The molecule has 0 saturated heterocycles. The van der Waals surface area contributed by atoms with Crippen LogP contribution < -0.4 is 9.47 Å². The van der Waals surface area contributed by atoms with Gasteiger partial charge in [0.1, 0.15) is 13.2 Å². The van der Waals surface area contributed by atoms with Crippen LogP contribution in [-0.4, -0.2) is 18.3 Å². The SMILES string of the molecule is OC(Cc1sccc1Br)c1cccc2c1OCCO2. The molecule has 100 valence electrons. The van der Waals surface area contributed by atoms with Gasteiger partial charge in [-0.3, -0.25) is 0 Å². The Kier molecular flexibility index (Phi) is 3.77. The van der Waals surface area contributed by atoms with Crippen molar-refractivity contribution in [2.75, 3.05) is 13.2 Å². The zero-order valence-corrected chi connectivity index (χ0v) is 12.5. The highest BCUT2D eigenvalue weighted by molar-refractivity contribution is 9.10. The molecule has 1 aromatic carbocycles. The van der Waals surface area contributed by atoms with Gasteiger partial charge in [-0.2, -0.15) is 0 Å². The van der Waals surface area contributed by atoms with Gasteiger partial charge in [-0.25, -0.2) is 0 Å². The van der Waals surface area contributed by atoms with E-state index >= 15 is 0 Å². The van der Waals surface area contributed by atoms with Crippen molar-refractivity contribution in [1.29, 1.82) is 0 Å². The van der Waals surface area contributed by atoms with Gasteiger partial charge in [-0.05, 0) is 33.4 Å². The molecule has 1 unspecified atom stereocenters. The van der Waals surface area contributed by atoms with E-state index in [0.717, 1.165) is 14.9 Å². The van der Waals surface area contributed by atoms with E-state index in [2.05, 4.69) is 15.9 Å². The fourth-order valence-electron chi connectivity index (χ4n) is 2.11. The van der Waals surface area contributed by atoms with Crippen LogP contribution in [0, 0.1) is 0 Å². The number of thiophene rings is 1. The third-order valence-corrected chi connectivity index (χ3v) is 4.97. The number of aliphatic hydroxyl groups excluding tert-OH is 1. The van der Waals surface area contributed by atoms with E-state index in [4.69, 9.17) is 9.47 Å². The summed E-state index contributed by atoms with van der Waals surface area (Å²) < 4.78 is 12.2. The second-order valence-electron chi connectivity index (χ2n) is 4.28. The Bertz CT molecular complexity index is 582. The molecular formula is C14H13BrO3S. The first-order valence-electron chi connectivity index (χ1n) is 6.04. The Balaban J connectivity index is 1.87. The van der Waals surface area contributed by atoms with Gasteiger partial charge in [-0.1, -0.05) is 12.1 Å². The molecule has 1 aliphatic heterocycles. The van der Waals surface area contributed by atoms with Crippen LogP contribution in [0.15, 0.2) is 34.1 Å². The molecule has 1 aliphatic rings. The Morgan fingerprint density at radius 3 is 2.89 bits per heavy atom. The number of para-hydroxylation sites is 1. The maximum atomic E-state index is 10.4. The van der Waals surface area contributed by atoms with Gasteiger partial charge < -0.3 is 14.6 Å². The highest BCUT2D eigenvalue weighted by Gasteiger charge is 2.21. The fourth-order valence-corrected chi connectivity index (χ4v) is 3.67. The summed E-state index contributed by atoms with van der Waals surface area (Å²) in [6.45, 7) is 1.09. The molecule has 1 atom stereocenters. The predicted molar refractivity (Wildman–Crippen MR) is 78.1 cm³/mol. The number of halogens is 1. The van der Waals surface area contributed by atoms with Crippen LogP contribution in [0.3, 0.4) is 0 Å². The number of hydrogen-bond acceptors (Lipinski definition) is 4. The van der Waals surface area contributed by atoms with Gasteiger partial charge in [0.25, 0.3) is 0 Å². The van der Waals surface area contributed by atoms with E-state index in [1.165, 1.54) is 0 Å². The molecule has 0 saturated carbocycles. The first-order chi connectivity index (χ1) is 9.25. The number of fused-ring (bicyclic) bond motifs is 1. The largest absolute Gasteiger partial charge is 0.486 e. The van der Waals surface area contributed by atoms with Crippen LogP contribution in [0.4, 0.5) is 0 Å². The van der Waals surface area contributed by atoms with Crippen molar-refractivity contribution in [3.63, 3.8) is 0 Å². The van der Waals surface area contributed by atoms with E-state index in [1.807, 2.05) is 29.6 Å². The summed E-state index contributed by atoms with van der Waals surface area (Å²) in [4.78, 5) is 1.13. The highest BCUT2D eigenvalue weighted by atomic mass is 79.9. The fraction of sp³-hybridized carbons (Fsp3) is 0.286. The lowest BCUT2D eigenvalue weighted by Gasteiger charge is -2.23. The molecule has 2 heterocycles. The highest BCUT2D eigenvalue weighted by Crippen LogP contribution is 2.38. The summed E-state index contributed by atoms with van der Waals surface area (Å²) in [5.41, 5.74) is 0.789. The summed E-state index contributed by atoms with van der Waals surface area (Å²) >= 11 is 5.12. The quantitative estimate of drug-likeness (QED) is 0.928. The first kappa shape index (κ1) is 13.0. The Hall–Kier alpha value is -1.04. The maximum absolute atomic E-state index is 10.4. The molecule has 2 aromatic rings. The number of ether oxygens (including phenoxy) is 2. The summed E-state index contributed by atoms with van der Waals surface area (Å²) in [7, 11) is 0. The maximum Gasteiger partial charge on any atom is 0.167 e. The van der Waals surface area contributed by atoms with Gasteiger partial charge in [0.2, 0.25) is 0 Å². The van der Waals surface area contributed by atoms with E-state index in [0.29, 0.717) is 31.1 Å². The van der Waals surface area contributed by atoms with E-state index in [-0.39, 0.29) is 0 Å². The predicted octanol–water partition coefficient (Wildman–Crippen LogP) is 3.56. The molecular weight excluding hydrogens is 328 g/mol.